The van der Waals surface area contributed by atoms with Gasteiger partial charge in [0.2, 0.25) is 0 Å². The SMILES string of the molecule is CCNC(CC)c1nnc(-c2cc(F)cc(F)c2)s1. The number of hydrogen-bond donors (Lipinski definition) is 1. The fraction of sp³-hybridized carbons (Fsp3) is 0.385. The standard InChI is InChI=1S/C13H15F2N3S/c1-3-11(16-4-2)13-18-17-12(19-13)8-5-9(14)7-10(15)6-8/h5-7,11,16H,3-4H2,1-2H3. The molecule has 0 saturated heterocycles. The zero-order valence-electron chi connectivity index (χ0n) is 10.8. The van der Waals surface area contributed by atoms with Crippen LogP contribution in [0.15, 0.2) is 18.2 Å². The van der Waals surface area contributed by atoms with Crippen LogP contribution in [0.2, 0.25) is 0 Å². The van der Waals surface area contributed by atoms with Crippen LogP contribution in [0.1, 0.15) is 31.3 Å². The summed E-state index contributed by atoms with van der Waals surface area (Å²) in [6, 6.07) is 3.51. The lowest BCUT2D eigenvalue weighted by atomic mass is 10.2. The third kappa shape index (κ3) is 3.33. The average molecular weight is 283 g/mol. The summed E-state index contributed by atoms with van der Waals surface area (Å²) in [5.74, 6) is -1.21. The van der Waals surface area contributed by atoms with Gasteiger partial charge in [-0.15, -0.1) is 10.2 Å². The van der Waals surface area contributed by atoms with Gasteiger partial charge in [0.15, 0.2) is 0 Å². The van der Waals surface area contributed by atoms with E-state index in [4.69, 9.17) is 0 Å². The van der Waals surface area contributed by atoms with Crippen molar-refractivity contribution >= 4 is 11.3 Å². The molecule has 6 heteroatoms. The van der Waals surface area contributed by atoms with E-state index in [9.17, 15) is 8.78 Å². The smallest absolute Gasteiger partial charge is 0.148 e. The Hall–Kier alpha value is -1.40. The first-order chi connectivity index (χ1) is 9.13. The summed E-state index contributed by atoms with van der Waals surface area (Å²) < 4.78 is 26.3. The second-order valence-electron chi connectivity index (χ2n) is 4.12. The van der Waals surface area contributed by atoms with Gasteiger partial charge in [-0.25, -0.2) is 8.78 Å². The predicted molar refractivity (Wildman–Crippen MR) is 72.0 cm³/mol. The lowest BCUT2D eigenvalue weighted by Crippen LogP contribution is -2.19. The first kappa shape index (κ1) is 14.0. The second kappa shape index (κ2) is 6.16. The number of nitrogens with zero attached hydrogens (tertiary/aromatic N) is 2. The zero-order chi connectivity index (χ0) is 13.8. The summed E-state index contributed by atoms with van der Waals surface area (Å²) in [7, 11) is 0. The van der Waals surface area contributed by atoms with Gasteiger partial charge < -0.3 is 5.32 Å². The van der Waals surface area contributed by atoms with Gasteiger partial charge in [-0.3, -0.25) is 0 Å². The van der Waals surface area contributed by atoms with Crippen molar-refractivity contribution in [3.05, 3.63) is 34.8 Å². The Bertz CT molecular complexity index is 536. The van der Waals surface area contributed by atoms with E-state index in [1.54, 1.807) is 0 Å². The molecule has 1 heterocycles. The van der Waals surface area contributed by atoms with Crippen LogP contribution in [0.25, 0.3) is 10.6 Å². The number of hydrogen-bond acceptors (Lipinski definition) is 4. The number of halogens is 2. The van der Waals surface area contributed by atoms with Crippen molar-refractivity contribution in [1.29, 1.82) is 0 Å². The van der Waals surface area contributed by atoms with E-state index in [1.807, 2.05) is 6.92 Å². The van der Waals surface area contributed by atoms with Crippen molar-refractivity contribution in [3.63, 3.8) is 0 Å². The summed E-state index contributed by atoms with van der Waals surface area (Å²) in [6.45, 7) is 4.91. The Morgan fingerprint density at radius 2 is 1.84 bits per heavy atom. The molecule has 0 aliphatic rings. The van der Waals surface area contributed by atoms with Crippen molar-refractivity contribution in [2.24, 2.45) is 0 Å². The maximum atomic E-state index is 13.2. The van der Waals surface area contributed by atoms with E-state index in [2.05, 4.69) is 22.4 Å². The van der Waals surface area contributed by atoms with Gasteiger partial charge in [-0.05, 0) is 25.1 Å². The molecule has 0 aliphatic carbocycles. The molecule has 0 aliphatic heterocycles. The predicted octanol–water partition coefficient (Wildman–Crippen LogP) is 3.54. The number of rotatable bonds is 5. The summed E-state index contributed by atoms with van der Waals surface area (Å²) in [6.07, 6.45) is 0.889. The highest BCUT2D eigenvalue weighted by atomic mass is 32.1. The van der Waals surface area contributed by atoms with Crippen LogP contribution >= 0.6 is 11.3 Å². The van der Waals surface area contributed by atoms with Crippen LogP contribution in [0.5, 0.6) is 0 Å². The molecule has 0 bridgehead atoms. The Kier molecular flexibility index (Phi) is 4.55. The Balaban J connectivity index is 2.29. The molecule has 1 aromatic heterocycles. The molecule has 19 heavy (non-hydrogen) atoms. The minimum Gasteiger partial charge on any atom is -0.308 e. The van der Waals surface area contributed by atoms with Crippen molar-refractivity contribution in [2.75, 3.05) is 6.54 Å². The molecule has 1 unspecified atom stereocenters. The summed E-state index contributed by atoms with van der Waals surface area (Å²) in [5, 5.41) is 12.8. The molecular weight excluding hydrogens is 268 g/mol. The molecular formula is C13H15F2N3S. The Morgan fingerprint density at radius 1 is 1.16 bits per heavy atom. The highest BCUT2D eigenvalue weighted by Crippen LogP contribution is 2.28. The van der Waals surface area contributed by atoms with Gasteiger partial charge in [-0.2, -0.15) is 0 Å². The van der Waals surface area contributed by atoms with Gasteiger partial charge in [0.1, 0.15) is 21.6 Å². The molecule has 102 valence electrons. The van der Waals surface area contributed by atoms with Crippen LogP contribution in [0, 0.1) is 11.6 Å². The molecule has 0 fully saturated rings. The van der Waals surface area contributed by atoms with Crippen LogP contribution in [-0.2, 0) is 0 Å². The van der Waals surface area contributed by atoms with E-state index in [0.29, 0.717) is 10.6 Å². The molecule has 1 atom stereocenters. The maximum absolute atomic E-state index is 13.2. The van der Waals surface area contributed by atoms with E-state index >= 15 is 0 Å². The fourth-order valence-corrected chi connectivity index (χ4v) is 2.81. The highest BCUT2D eigenvalue weighted by molar-refractivity contribution is 7.14. The van der Waals surface area contributed by atoms with E-state index in [-0.39, 0.29) is 6.04 Å². The molecule has 0 radical (unpaired) electrons. The van der Waals surface area contributed by atoms with Crippen LogP contribution in [0.3, 0.4) is 0 Å². The zero-order valence-corrected chi connectivity index (χ0v) is 11.6. The molecule has 0 amide bonds. The van der Waals surface area contributed by atoms with Crippen molar-refractivity contribution in [2.45, 2.75) is 26.3 Å². The quantitative estimate of drug-likeness (QED) is 0.912. The van der Waals surface area contributed by atoms with Gasteiger partial charge in [-0.1, -0.05) is 25.2 Å². The van der Waals surface area contributed by atoms with Gasteiger partial charge in [0.05, 0.1) is 6.04 Å². The van der Waals surface area contributed by atoms with Crippen LogP contribution in [0.4, 0.5) is 8.78 Å². The molecule has 3 nitrogen and oxygen atoms in total. The highest BCUT2D eigenvalue weighted by Gasteiger charge is 2.15. The lowest BCUT2D eigenvalue weighted by molar-refractivity contribution is 0.531. The van der Waals surface area contributed by atoms with Crippen molar-refractivity contribution in [1.82, 2.24) is 15.5 Å². The Morgan fingerprint density at radius 3 is 2.42 bits per heavy atom. The van der Waals surface area contributed by atoms with E-state index in [0.717, 1.165) is 24.0 Å². The first-order valence-electron chi connectivity index (χ1n) is 6.17. The largest absolute Gasteiger partial charge is 0.308 e. The number of aromatic nitrogens is 2. The topological polar surface area (TPSA) is 37.8 Å². The third-order valence-electron chi connectivity index (χ3n) is 2.71. The molecule has 0 spiro atoms. The van der Waals surface area contributed by atoms with Crippen LogP contribution < -0.4 is 5.32 Å². The molecule has 1 aromatic carbocycles. The summed E-state index contributed by atoms with van der Waals surface area (Å²) >= 11 is 1.36. The minimum absolute atomic E-state index is 0.134. The van der Waals surface area contributed by atoms with Crippen LogP contribution in [-0.4, -0.2) is 16.7 Å². The van der Waals surface area contributed by atoms with Gasteiger partial charge in [0, 0.05) is 11.6 Å². The third-order valence-corrected chi connectivity index (χ3v) is 3.79. The number of nitrogens with one attached hydrogen (secondary N) is 1. The second-order valence-corrected chi connectivity index (χ2v) is 5.13. The van der Waals surface area contributed by atoms with E-state index in [1.165, 1.54) is 23.5 Å². The van der Waals surface area contributed by atoms with Gasteiger partial charge in [0.25, 0.3) is 0 Å². The number of benzene rings is 1. The monoisotopic (exact) mass is 283 g/mol. The van der Waals surface area contributed by atoms with Crippen molar-refractivity contribution < 1.29 is 8.78 Å². The van der Waals surface area contributed by atoms with Gasteiger partial charge >= 0.3 is 0 Å². The lowest BCUT2D eigenvalue weighted by Gasteiger charge is -2.10. The molecule has 2 aromatic rings. The minimum atomic E-state index is -0.606. The average Bonchev–Trinajstić information content (AvgIpc) is 2.84. The normalized spacial score (nSPS) is 12.6. The molecule has 0 saturated carbocycles. The summed E-state index contributed by atoms with van der Waals surface area (Å²) in [5.41, 5.74) is 0.424. The van der Waals surface area contributed by atoms with E-state index < -0.39 is 11.6 Å². The summed E-state index contributed by atoms with van der Waals surface area (Å²) in [4.78, 5) is 0. The fourth-order valence-electron chi connectivity index (χ4n) is 1.82. The molecule has 1 N–H and O–H groups in total. The molecule has 2 rings (SSSR count). The first-order valence-corrected chi connectivity index (χ1v) is 6.99. The van der Waals surface area contributed by atoms with Crippen molar-refractivity contribution in [3.8, 4) is 10.6 Å². The Labute approximate surface area is 114 Å². The maximum Gasteiger partial charge on any atom is 0.148 e.